The second-order valence-electron chi connectivity index (χ2n) is 9.63. The maximum atomic E-state index is 6.13. The van der Waals surface area contributed by atoms with Crippen LogP contribution in [0.4, 0.5) is 5.95 Å². The van der Waals surface area contributed by atoms with E-state index in [4.69, 9.17) is 15.0 Å². The van der Waals surface area contributed by atoms with Gasteiger partial charge in [0.05, 0.1) is 11.2 Å². The number of hydrogen-bond acceptors (Lipinski definition) is 7. The fourth-order valence-corrected chi connectivity index (χ4v) is 4.06. The minimum Gasteiger partial charge on any atom is -0.399 e. The molecule has 0 saturated carbocycles. The summed E-state index contributed by atoms with van der Waals surface area (Å²) in [6, 6.07) is 0.820. The molecule has 2 N–H and O–H groups in total. The van der Waals surface area contributed by atoms with E-state index < -0.39 is 7.12 Å². The number of rotatable bonds is 7. The highest BCUT2D eigenvalue weighted by molar-refractivity contribution is 6.61. The first-order valence-electron chi connectivity index (χ1n) is 11.0. The number of aromatic nitrogens is 2. The lowest BCUT2D eigenvalue weighted by molar-refractivity contribution is 0.00578. The molecule has 0 radical (unpaired) electrons. The molecule has 29 heavy (non-hydrogen) atoms. The van der Waals surface area contributed by atoms with Crippen molar-refractivity contribution in [1.29, 1.82) is 0 Å². The average molecular weight is 403 g/mol. The summed E-state index contributed by atoms with van der Waals surface area (Å²) in [5.41, 5.74) is 5.96. The van der Waals surface area contributed by atoms with E-state index in [-0.39, 0.29) is 11.2 Å². The molecule has 7 nitrogen and oxygen atoms in total. The van der Waals surface area contributed by atoms with Crippen molar-refractivity contribution in [3.05, 3.63) is 12.4 Å². The van der Waals surface area contributed by atoms with Crippen molar-refractivity contribution in [2.24, 2.45) is 5.73 Å². The van der Waals surface area contributed by atoms with Gasteiger partial charge in [-0.1, -0.05) is 6.42 Å². The normalized spacial score (nSPS) is 24.3. The molecule has 1 aromatic heterocycles. The Kier molecular flexibility index (Phi) is 6.88. The monoisotopic (exact) mass is 403 g/mol. The third-order valence-electron chi connectivity index (χ3n) is 6.64. The standard InChI is InChI=1S/C21H38BN5O2/c1-16(2)27(15-18-9-7-8-11-26(18)12-10-23)19-24-13-17(14-25-19)22-28-20(3,4)21(5,6)29-22/h13-14,16,18H,7-12,15,23H2,1-6H3. The number of nitrogens with zero attached hydrogens (tertiary/aromatic N) is 4. The van der Waals surface area contributed by atoms with Crippen LogP contribution in [0.15, 0.2) is 12.4 Å². The van der Waals surface area contributed by atoms with Crippen LogP contribution >= 0.6 is 0 Å². The molecule has 0 aliphatic carbocycles. The Bertz CT molecular complexity index is 650. The lowest BCUT2D eigenvalue weighted by Crippen LogP contribution is -2.50. The van der Waals surface area contributed by atoms with Crippen molar-refractivity contribution in [3.63, 3.8) is 0 Å². The highest BCUT2D eigenvalue weighted by Gasteiger charge is 2.52. The number of hydrogen-bond donors (Lipinski definition) is 1. The molecule has 8 heteroatoms. The summed E-state index contributed by atoms with van der Waals surface area (Å²) in [5, 5.41) is 0. The summed E-state index contributed by atoms with van der Waals surface area (Å²) in [5.74, 6) is 0.763. The molecule has 2 saturated heterocycles. The van der Waals surface area contributed by atoms with Gasteiger partial charge in [0.15, 0.2) is 0 Å². The van der Waals surface area contributed by atoms with Gasteiger partial charge in [0.2, 0.25) is 5.95 Å². The first-order chi connectivity index (χ1) is 13.6. The number of piperidine rings is 1. The second-order valence-corrected chi connectivity index (χ2v) is 9.63. The lowest BCUT2D eigenvalue weighted by atomic mass is 9.81. The summed E-state index contributed by atoms with van der Waals surface area (Å²) in [7, 11) is -0.431. The summed E-state index contributed by atoms with van der Waals surface area (Å²) >= 11 is 0. The van der Waals surface area contributed by atoms with Gasteiger partial charge >= 0.3 is 7.12 Å². The highest BCUT2D eigenvalue weighted by atomic mass is 16.7. The quantitative estimate of drug-likeness (QED) is 0.696. The molecule has 1 aromatic rings. The Labute approximate surface area is 176 Å². The van der Waals surface area contributed by atoms with Crippen LogP contribution in [-0.4, -0.2) is 71.5 Å². The van der Waals surface area contributed by atoms with Crippen LogP contribution in [0.2, 0.25) is 0 Å². The van der Waals surface area contributed by atoms with E-state index in [9.17, 15) is 0 Å². The van der Waals surface area contributed by atoms with Crippen LogP contribution in [0.25, 0.3) is 0 Å². The largest absolute Gasteiger partial charge is 0.498 e. The molecule has 2 fully saturated rings. The highest BCUT2D eigenvalue weighted by Crippen LogP contribution is 2.36. The van der Waals surface area contributed by atoms with Crippen LogP contribution in [0, 0.1) is 0 Å². The second kappa shape index (κ2) is 8.88. The molecule has 2 aliphatic heterocycles. The van der Waals surface area contributed by atoms with Crippen LogP contribution in [0.1, 0.15) is 60.8 Å². The maximum absolute atomic E-state index is 6.13. The zero-order chi connectivity index (χ0) is 21.2. The fraction of sp³-hybridized carbons (Fsp3) is 0.810. The summed E-state index contributed by atoms with van der Waals surface area (Å²) in [4.78, 5) is 14.2. The van der Waals surface area contributed by atoms with Crippen molar-refractivity contribution in [3.8, 4) is 0 Å². The zero-order valence-corrected chi connectivity index (χ0v) is 19.0. The Morgan fingerprint density at radius 1 is 1.17 bits per heavy atom. The predicted octanol–water partition coefficient (Wildman–Crippen LogP) is 1.80. The van der Waals surface area contributed by atoms with Crippen LogP contribution in [-0.2, 0) is 9.31 Å². The SMILES string of the molecule is CC(C)N(CC1CCCCN1CCN)c1ncc(B2OC(C)(C)C(C)(C)O2)cn1. The average Bonchev–Trinajstić information content (AvgIpc) is 2.88. The van der Waals surface area contributed by atoms with Crippen molar-refractivity contribution in [2.75, 3.05) is 31.1 Å². The van der Waals surface area contributed by atoms with Crippen LogP contribution in [0.3, 0.4) is 0 Å². The van der Waals surface area contributed by atoms with Gasteiger partial charge in [-0.3, -0.25) is 4.90 Å². The topological polar surface area (TPSA) is 76.7 Å². The Morgan fingerprint density at radius 2 is 1.79 bits per heavy atom. The fourth-order valence-electron chi connectivity index (χ4n) is 4.06. The van der Waals surface area contributed by atoms with Crippen molar-refractivity contribution < 1.29 is 9.31 Å². The first kappa shape index (κ1) is 22.5. The molecule has 0 amide bonds. The maximum Gasteiger partial charge on any atom is 0.498 e. The van der Waals surface area contributed by atoms with Gasteiger partial charge < -0.3 is 19.9 Å². The summed E-state index contributed by atoms with van der Waals surface area (Å²) in [6.45, 7) is 16.3. The van der Waals surface area contributed by atoms with Gasteiger partial charge in [-0.2, -0.15) is 0 Å². The minimum atomic E-state index is -0.431. The van der Waals surface area contributed by atoms with E-state index in [1.807, 2.05) is 12.4 Å². The molecule has 0 spiro atoms. The number of nitrogens with two attached hydrogens (primary N) is 1. The molecule has 3 rings (SSSR count). The van der Waals surface area contributed by atoms with Gasteiger partial charge in [0.25, 0.3) is 0 Å². The molecule has 2 aliphatic rings. The number of anilines is 1. The molecule has 162 valence electrons. The van der Waals surface area contributed by atoms with Gasteiger partial charge in [-0.05, 0) is 60.9 Å². The van der Waals surface area contributed by atoms with E-state index in [0.29, 0.717) is 18.6 Å². The van der Waals surface area contributed by atoms with E-state index in [2.05, 4.69) is 61.3 Å². The van der Waals surface area contributed by atoms with Crippen LogP contribution in [0.5, 0.6) is 0 Å². The summed E-state index contributed by atoms with van der Waals surface area (Å²) < 4.78 is 12.3. The van der Waals surface area contributed by atoms with Gasteiger partial charge in [0.1, 0.15) is 0 Å². The Morgan fingerprint density at radius 3 is 2.34 bits per heavy atom. The lowest BCUT2D eigenvalue weighted by Gasteiger charge is -2.39. The molecule has 0 bridgehead atoms. The van der Waals surface area contributed by atoms with Crippen LogP contribution < -0.4 is 16.1 Å². The molecule has 3 heterocycles. The van der Waals surface area contributed by atoms with E-state index in [1.54, 1.807) is 0 Å². The number of likely N-dealkylation sites (tertiary alicyclic amines) is 1. The van der Waals surface area contributed by atoms with Crippen molar-refractivity contribution in [2.45, 2.75) is 84.1 Å². The minimum absolute atomic E-state index is 0.319. The predicted molar refractivity (Wildman–Crippen MR) is 118 cm³/mol. The van der Waals surface area contributed by atoms with Gasteiger partial charge in [-0.25, -0.2) is 9.97 Å². The third-order valence-corrected chi connectivity index (χ3v) is 6.64. The third kappa shape index (κ3) is 4.93. The van der Waals surface area contributed by atoms with E-state index >= 15 is 0 Å². The Balaban J connectivity index is 1.72. The Hall–Kier alpha value is -1.22. The van der Waals surface area contributed by atoms with E-state index in [0.717, 1.165) is 31.0 Å². The molecular weight excluding hydrogens is 365 g/mol. The summed E-state index contributed by atoms with van der Waals surface area (Å²) in [6.07, 6.45) is 7.43. The molecule has 1 atom stereocenters. The first-order valence-corrected chi connectivity index (χ1v) is 11.0. The molecule has 0 aromatic carbocycles. The smallest absolute Gasteiger partial charge is 0.399 e. The molecular formula is C21H38BN5O2. The van der Waals surface area contributed by atoms with Crippen molar-refractivity contribution in [1.82, 2.24) is 14.9 Å². The van der Waals surface area contributed by atoms with E-state index in [1.165, 1.54) is 19.3 Å². The van der Waals surface area contributed by atoms with Gasteiger partial charge in [0, 0.05) is 49.6 Å². The molecule has 1 unspecified atom stereocenters. The zero-order valence-electron chi connectivity index (χ0n) is 19.0. The van der Waals surface area contributed by atoms with Crippen molar-refractivity contribution >= 4 is 18.5 Å². The van der Waals surface area contributed by atoms with Gasteiger partial charge in [-0.15, -0.1) is 0 Å².